The van der Waals surface area contributed by atoms with Crippen LogP contribution in [0.2, 0.25) is 0 Å². The molecule has 0 radical (unpaired) electrons. The van der Waals surface area contributed by atoms with Gasteiger partial charge in [-0.15, -0.1) is 0 Å². The first-order chi connectivity index (χ1) is 6.87. The molecule has 0 fully saturated rings. The molecule has 0 saturated heterocycles. The number of ether oxygens (including phenoxy) is 1. The van der Waals surface area contributed by atoms with Crippen molar-refractivity contribution in [1.29, 1.82) is 0 Å². The van der Waals surface area contributed by atoms with Gasteiger partial charge in [0.25, 0.3) is 0 Å². The van der Waals surface area contributed by atoms with Crippen molar-refractivity contribution in [2.45, 2.75) is 53.2 Å². The van der Waals surface area contributed by atoms with Crippen molar-refractivity contribution in [2.24, 2.45) is 0 Å². The van der Waals surface area contributed by atoms with Crippen LogP contribution in [0, 0.1) is 20.8 Å². The van der Waals surface area contributed by atoms with Crippen molar-refractivity contribution in [1.82, 2.24) is 4.57 Å². The second kappa shape index (κ2) is 4.40. The molecule has 0 aliphatic rings. The summed E-state index contributed by atoms with van der Waals surface area (Å²) in [5, 5.41) is 0. The van der Waals surface area contributed by atoms with Crippen LogP contribution in [-0.2, 0) is 11.3 Å². The molecule has 0 bridgehead atoms. The third kappa shape index (κ3) is 2.85. The fourth-order valence-electron chi connectivity index (χ4n) is 1.65. The minimum Gasteiger partial charge on any atom is -0.379 e. The van der Waals surface area contributed by atoms with Crippen molar-refractivity contribution >= 4 is 0 Å². The lowest BCUT2D eigenvalue weighted by molar-refractivity contribution is 0.0119. The van der Waals surface area contributed by atoms with Crippen LogP contribution in [0.3, 0.4) is 0 Å². The quantitative estimate of drug-likeness (QED) is 0.742. The highest BCUT2D eigenvalue weighted by Gasteiger charge is 2.16. The lowest BCUT2D eigenvalue weighted by atomic mass is 10.1. The second-order valence-corrected chi connectivity index (χ2v) is 4.93. The Balaban J connectivity index is 2.70. The summed E-state index contributed by atoms with van der Waals surface area (Å²) >= 11 is 0. The van der Waals surface area contributed by atoms with E-state index in [4.69, 9.17) is 4.74 Å². The van der Waals surface area contributed by atoms with Crippen LogP contribution in [0.5, 0.6) is 0 Å². The SMILES string of the molecule is COC(C)(C)CCn1cc(C)c(C)c1C. The van der Waals surface area contributed by atoms with E-state index in [0.29, 0.717) is 0 Å². The van der Waals surface area contributed by atoms with Gasteiger partial charge in [-0.2, -0.15) is 0 Å². The summed E-state index contributed by atoms with van der Waals surface area (Å²) in [6.45, 7) is 11.8. The molecule has 0 spiro atoms. The molecule has 0 aliphatic heterocycles. The first-order valence-electron chi connectivity index (χ1n) is 5.55. The van der Waals surface area contributed by atoms with E-state index < -0.39 is 0 Å². The van der Waals surface area contributed by atoms with Crippen LogP contribution >= 0.6 is 0 Å². The summed E-state index contributed by atoms with van der Waals surface area (Å²) in [6, 6.07) is 0. The Morgan fingerprint density at radius 1 is 1.27 bits per heavy atom. The van der Waals surface area contributed by atoms with Crippen LogP contribution in [0.4, 0.5) is 0 Å². The molecular formula is C13H23NO. The first-order valence-corrected chi connectivity index (χ1v) is 5.55. The van der Waals surface area contributed by atoms with E-state index in [1.54, 1.807) is 7.11 Å². The maximum absolute atomic E-state index is 5.42. The Morgan fingerprint density at radius 3 is 2.27 bits per heavy atom. The molecule has 2 heteroatoms. The van der Waals surface area contributed by atoms with Gasteiger partial charge in [0, 0.05) is 25.5 Å². The Labute approximate surface area is 93.2 Å². The van der Waals surface area contributed by atoms with Gasteiger partial charge in [0.15, 0.2) is 0 Å². The van der Waals surface area contributed by atoms with Gasteiger partial charge < -0.3 is 9.30 Å². The van der Waals surface area contributed by atoms with Gasteiger partial charge >= 0.3 is 0 Å². The van der Waals surface area contributed by atoms with Gasteiger partial charge in [-0.1, -0.05) is 0 Å². The molecule has 15 heavy (non-hydrogen) atoms. The summed E-state index contributed by atoms with van der Waals surface area (Å²) in [5.41, 5.74) is 4.13. The van der Waals surface area contributed by atoms with Gasteiger partial charge in [-0.3, -0.25) is 0 Å². The molecule has 1 aromatic heterocycles. The van der Waals surface area contributed by atoms with Crippen molar-refractivity contribution in [3.63, 3.8) is 0 Å². The fraction of sp³-hybridized carbons (Fsp3) is 0.692. The average Bonchev–Trinajstić information content (AvgIpc) is 2.43. The Bertz CT molecular complexity index is 337. The molecule has 0 atom stereocenters. The molecule has 86 valence electrons. The van der Waals surface area contributed by atoms with Gasteiger partial charge in [0.1, 0.15) is 0 Å². The number of methoxy groups -OCH3 is 1. The van der Waals surface area contributed by atoms with Crippen LogP contribution < -0.4 is 0 Å². The number of hydrogen-bond acceptors (Lipinski definition) is 1. The zero-order valence-corrected chi connectivity index (χ0v) is 10.8. The topological polar surface area (TPSA) is 14.2 Å². The lowest BCUT2D eigenvalue weighted by Gasteiger charge is -2.23. The van der Waals surface area contributed by atoms with Crippen LogP contribution in [0.1, 0.15) is 37.1 Å². The normalized spacial score (nSPS) is 12.1. The third-order valence-electron chi connectivity index (χ3n) is 3.42. The van der Waals surface area contributed by atoms with Crippen molar-refractivity contribution < 1.29 is 4.74 Å². The van der Waals surface area contributed by atoms with Crippen molar-refractivity contribution in [2.75, 3.05) is 7.11 Å². The first kappa shape index (κ1) is 12.3. The van der Waals surface area contributed by atoms with Gasteiger partial charge in [-0.05, 0) is 52.2 Å². The highest BCUT2D eigenvalue weighted by Crippen LogP contribution is 2.19. The molecule has 0 unspecified atom stereocenters. The van der Waals surface area contributed by atoms with Gasteiger partial charge in [0.2, 0.25) is 0 Å². The molecule has 1 rings (SSSR count). The zero-order valence-electron chi connectivity index (χ0n) is 10.8. The number of aromatic nitrogens is 1. The summed E-state index contributed by atoms with van der Waals surface area (Å²) < 4.78 is 7.75. The maximum atomic E-state index is 5.42. The van der Waals surface area contributed by atoms with E-state index in [1.807, 2.05) is 0 Å². The molecule has 1 aromatic rings. The van der Waals surface area contributed by atoms with E-state index in [0.717, 1.165) is 13.0 Å². The predicted octanol–water partition coefficient (Wildman–Crippen LogP) is 3.23. The second-order valence-electron chi connectivity index (χ2n) is 4.93. The molecular weight excluding hydrogens is 186 g/mol. The lowest BCUT2D eigenvalue weighted by Crippen LogP contribution is -2.24. The van der Waals surface area contributed by atoms with E-state index in [1.165, 1.54) is 16.8 Å². The smallest absolute Gasteiger partial charge is 0.0639 e. The molecule has 0 amide bonds. The molecule has 0 aliphatic carbocycles. The van der Waals surface area contributed by atoms with Crippen molar-refractivity contribution in [3.05, 3.63) is 23.0 Å². The standard InChI is InChI=1S/C13H23NO/c1-10-9-14(12(3)11(10)2)8-7-13(4,5)15-6/h9H,7-8H2,1-6H3. The predicted molar refractivity (Wildman–Crippen MR) is 64.3 cm³/mol. The molecule has 1 heterocycles. The summed E-state index contributed by atoms with van der Waals surface area (Å²) in [4.78, 5) is 0. The highest BCUT2D eigenvalue weighted by molar-refractivity contribution is 5.28. The monoisotopic (exact) mass is 209 g/mol. The highest BCUT2D eigenvalue weighted by atomic mass is 16.5. The minimum absolute atomic E-state index is 0.0292. The Morgan fingerprint density at radius 2 is 1.87 bits per heavy atom. The third-order valence-corrected chi connectivity index (χ3v) is 3.42. The summed E-state index contributed by atoms with van der Waals surface area (Å²) in [6.07, 6.45) is 3.27. The van der Waals surface area contributed by atoms with Crippen LogP contribution in [-0.4, -0.2) is 17.3 Å². The van der Waals surface area contributed by atoms with Gasteiger partial charge in [-0.25, -0.2) is 0 Å². The fourth-order valence-corrected chi connectivity index (χ4v) is 1.65. The zero-order chi connectivity index (χ0) is 11.6. The molecule has 0 saturated carbocycles. The average molecular weight is 209 g/mol. The van der Waals surface area contributed by atoms with E-state index in [2.05, 4.69) is 45.4 Å². The largest absolute Gasteiger partial charge is 0.379 e. The van der Waals surface area contributed by atoms with Gasteiger partial charge in [0.05, 0.1) is 5.60 Å². The van der Waals surface area contributed by atoms with Crippen LogP contribution in [0.15, 0.2) is 6.20 Å². The van der Waals surface area contributed by atoms with E-state index in [-0.39, 0.29) is 5.60 Å². The number of nitrogens with zero attached hydrogens (tertiary/aromatic N) is 1. The Kier molecular flexibility index (Phi) is 3.61. The molecule has 0 N–H and O–H groups in total. The summed E-state index contributed by atoms with van der Waals surface area (Å²) in [7, 11) is 1.78. The van der Waals surface area contributed by atoms with E-state index in [9.17, 15) is 0 Å². The number of aryl methyl sites for hydroxylation is 2. The Hall–Kier alpha value is -0.760. The number of rotatable bonds is 4. The van der Waals surface area contributed by atoms with E-state index >= 15 is 0 Å². The van der Waals surface area contributed by atoms with Crippen molar-refractivity contribution in [3.8, 4) is 0 Å². The van der Waals surface area contributed by atoms with Crippen LogP contribution in [0.25, 0.3) is 0 Å². The molecule has 0 aromatic carbocycles. The number of hydrogen-bond donors (Lipinski definition) is 0. The summed E-state index contributed by atoms with van der Waals surface area (Å²) in [5.74, 6) is 0. The molecule has 2 nitrogen and oxygen atoms in total. The maximum Gasteiger partial charge on any atom is 0.0639 e. The minimum atomic E-state index is -0.0292.